The van der Waals surface area contributed by atoms with Crippen LogP contribution in [0.5, 0.6) is 0 Å². The van der Waals surface area contributed by atoms with Crippen LogP contribution in [0.3, 0.4) is 0 Å². The van der Waals surface area contributed by atoms with E-state index < -0.39 is 6.04 Å². The third kappa shape index (κ3) is 3.75. The minimum Gasteiger partial charge on any atom is -0.322 e. The van der Waals surface area contributed by atoms with Crippen molar-refractivity contribution in [1.29, 1.82) is 0 Å². The van der Waals surface area contributed by atoms with Gasteiger partial charge in [-0.2, -0.15) is 5.10 Å². The molecule has 9 nitrogen and oxygen atoms in total. The van der Waals surface area contributed by atoms with E-state index in [4.69, 9.17) is 0 Å². The summed E-state index contributed by atoms with van der Waals surface area (Å²) in [6, 6.07) is 5.25. The topological polar surface area (TPSA) is 119 Å². The zero-order chi connectivity index (χ0) is 21.4. The lowest BCUT2D eigenvalue weighted by atomic mass is 10.0. The first-order chi connectivity index (χ1) is 15.1. The van der Waals surface area contributed by atoms with E-state index in [9.17, 15) is 14.4 Å². The highest BCUT2D eigenvalue weighted by atomic mass is 16.2. The number of hydrogen-bond acceptors (Lipinski definition) is 6. The van der Waals surface area contributed by atoms with Crippen LogP contribution in [0.4, 0.5) is 0 Å². The normalized spacial score (nSPS) is 23.4. The molecule has 0 radical (unpaired) electrons. The number of fused-ring (bicyclic) bond motifs is 1. The molecule has 0 saturated carbocycles. The average molecular weight is 422 g/mol. The Morgan fingerprint density at radius 2 is 2.00 bits per heavy atom. The molecule has 5 rings (SSSR count). The number of aromatic amines is 1. The number of piperidine rings is 1. The molecule has 3 aliphatic heterocycles. The number of rotatable bonds is 6. The minimum atomic E-state index is -0.591. The van der Waals surface area contributed by atoms with Crippen molar-refractivity contribution in [2.45, 2.75) is 50.9 Å². The Bertz CT molecular complexity index is 1030. The molecule has 0 spiro atoms. The number of hydrogen-bond donors (Lipinski definition) is 4. The highest BCUT2D eigenvalue weighted by Crippen LogP contribution is 2.30. The highest BCUT2D eigenvalue weighted by molar-refractivity contribution is 6.05. The van der Waals surface area contributed by atoms with E-state index in [1.807, 2.05) is 24.4 Å². The van der Waals surface area contributed by atoms with Gasteiger partial charge in [0.25, 0.3) is 5.91 Å². The van der Waals surface area contributed by atoms with Gasteiger partial charge in [-0.25, -0.2) is 0 Å². The van der Waals surface area contributed by atoms with E-state index in [0.29, 0.717) is 37.5 Å². The number of aromatic nitrogens is 2. The molecule has 3 aliphatic rings. The van der Waals surface area contributed by atoms with Gasteiger partial charge in [-0.15, -0.1) is 0 Å². The van der Waals surface area contributed by atoms with Crippen molar-refractivity contribution < 1.29 is 14.4 Å². The van der Waals surface area contributed by atoms with Crippen molar-refractivity contribution in [1.82, 2.24) is 31.0 Å². The maximum Gasteiger partial charge on any atom is 0.255 e. The Morgan fingerprint density at radius 3 is 2.81 bits per heavy atom. The van der Waals surface area contributed by atoms with Crippen LogP contribution in [0.25, 0.3) is 0 Å². The molecule has 162 valence electrons. The van der Waals surface area contributed by atoms with Gasteiger partial charge in [0.05, 0.1) is 6.20 Å². The summed E-state index contributed by atoms with van der Waals surface area (Å²) in [5.74, 6) is -0.333. The minimum absolute atomic E-state index is 0.136. The predicted molar refractivity (Wildman–Crippen MR) is 112 cm³/mol. The van der Waals surface area contributed by atoms with Crippen LogP contribution < -0.4 is 16.0 Å². The number of nitrogens with zero attached hydrogens (tertiary/aromatic N) is 2. The number of imide groups is 1. The number of H-pyrrole nitrogens is 1. The van der Waals surface area contributed by atoms with Crippen LogP contribution in [-0.2, 0) is 29.2 Å². The quantitative estimate of drug-likeness (QED) is 0.505. The summed E-state index contributed by atoms with van der Waals surface area (Å²) in [5.41, 5.74) is 4.85. The first-order valence-electron chi connectivity index (χ1n) is 10.8. The highest BCUT2D eigenvalue weighted by Gasteiger charge is 2.39. The van der Waals surface area contributed by atoms with Gasteiger partial charge in [0.2, 0.25) is 11.8 Å². The fourth-order valence-corrected chi connectivity index (χ4v) is 4.89. The van der Waals surface area contributed by atoms with Crippen molar-refractivity contribution in [3.63, 3.8) is 0 Å². The lowest BCUT2D eigenvalue weighted by molar-refractivity contribution is -0.136. The number of carbonyl (C=O) groups excluding carboxylic acids is 3. The lowest BCUT2D eigenvalue weighted by Crippen LogP contribution is -2.52. The summed E-state index contributed by atoms with van der Waals surface area (Å²) in [4.78, 5) is 38.5. The van der Waals surface area contributed by atoms with Gasteiger partial charge < -0.3 is 15.5 Å². The number of benzene rings is 1. The van der Waals surface area contributed by atoms with Crippen molar-refractivity contribution in [2.24, 2.45) is 0 Å². The summed E-state index contributed by atoms with van der Waals surface area (Å²) >= 11 is 0. The second-order valence-corrected chi connectivity index (χ2v) is 8.45. The molecule has 2 atom stereocenters. The summed E-state index contributed by atoms with van der Waals surface area (Å²) in [6.07, 6.45) is 3.60. The Labute approximate surface area is 180 Å². The Morgan fingerprint density at radius 1 is 1.13 bits per heavy atom. The van der Waals surface area contributed by atoms with E-state index in [1.165, 1.54) is 5.69 Å². The maximum atomic E-state index is 13.2. The van der Waals surface area contributed by atoms with Gasteiger partial charge in [-0.05, 0) is 30.5 Å². The first-order valence-corrected chi connectivity index (χ1v) is 10.8. The Kier molecular flexibility index (Phi) is 5.29. The molecule has 0 aliphatic carbocycles. The number of nitrogens with one attached hydrogen (secondary N) is 4. The second kappa shape index (κ2) is 8.24. The summed E-state index contributed by atoms with van der Waals surface area (Å²) in [6.45, 7) is 3.60. The predicted octanol–water partition coefficient (Wildman–Crippen LogP) is 0.537. The molecule has 2 fully saturated rings. The third-order valence-electron chi connectivity index (χ3n) is 6.49. The molecule has 4 heterocycles. The molecule has 2 unspecified atom stereocenters. The molecule has 31 heavy (non-hydrogen) atoms. The van der Waals surface area contributed by atoms with Crippen LogP contribution in [0, 0.1) is 0 Å². The Balaban J connectivity index is 1.27. The SMILES string of the molecule is O=C1CCC(N2Cc3cccc(CNCc4cn[nH]c4C4CCNC4)c3C2=O)C(=O)N1. The molecule has 9 heteroatoms. The molecule has 4 N–H and O–H groups in total. The first kappa shape index (κ1) is 19.9. The fourth-order valence-electron chi connectivity index (χ4n) is 4.89. The van der Waals surface area contributed by atoms with Crippen molar-refractivity contribution in [3.05, 3.63) is 52.3 Å². The fraction of sp³-hybridized carbons (Fsp3) is 0.455. The van der Waals surface area contributed by atoms with Crippen molar-refractivity contribution in [2.75, 3.05) is 13.1 Å². The zero-order valence-electron chi connectivity index (χ0n) is 17.2. The Hall–Kier alpha value is -3.04. The van der Waals surface area contributed by atoms with Crippen LogP contribution in [0.2, 0.25) is 0 Å². The largest absolute Gasteiger partial charge is 0.322 e. The zero-order valence-corrected chi connectivity index (χ0v) is 17.2. The van der Waals surface area contributed by atoms with E-state index in [-0.39, 0.29) is 24.1 Å². The van der Waals surface area contributed by atoms with Crippen LogP contribution >= 0.6 is 0 Å². The van der Waals surface area contributed by atoms with Crippen molar-refractivity contribution >= 4 is 17.7 Å². The molecule has 3 amide bonds. The number of amides is 3. The summed E-state index contributed by atoms with van der Waals surface area (Å²) in [5, 5.41) is 16.5. The van der Waals surface area contributed by atoms with E-state index in [2.05, 4.69) is 26.1 Å². The number of carbonyl (C=O) groups is 3. The van der Waals surface area contributed by atoms with E-state index in [1.54, 1.807) is 4.90 Å². The van der Waals surface area contributed by atoms with Crippen LogP contribution in [0.1, 0.15) is 57.9 Å². The standard InChI is InChI=1S/C22H26N6O3/c29-18-5-4-17(21(30)26-18)28-12-15-3-1-2-13(19(15)22(28)31)8-24-10-16-11-25-27-20(16)14-6-7-23-9-14/h1-3,11,14,17,23-24H,4-10,12H2,(H,25,27)(H,26,29,30). The maximum absolute atomic E-state index is 13.2. The second-order valence-electron chi connectivity index (χ2n) is 8.45. The smallest absolute Gasteiger partial charge is 0.255 e. The van der Waals surface area contributed by atoms with E-state index in [0.717, 1.165) is 36.2 Å². The van der Waals surface area contributed by atoms with E-state index >= 15 is 0 Å². The van der Waals surface area contributed by atoms with Crippen molar-refractivity contribution in [3.8, 4) is 0 Å². The van der Waals surface area contributed by atoms with Gasteiger partial charge in [0.15, 0.2) is 0 Å². The molecule has 2 saturated heterocycles. The van der Waals surface area contributed by atoms with Gasteiger partial charge in [0.1, 0.15) is 6.04 Å². The molecule has 1 aromatic carbocycles. The summed E-state index contributed by atoms with van der Waals surface area (Å²) in [7, 11) is 0. The van der Waals surface area contributed by atoms with Gasteiger partial charge in [-0.3, -0.25) is 24.8 Å². The molecule has 1 aromatic heterocycles. The van der Waals surface area contributed by atoms with Crippen LogP contribution in [-0.4, -0.2) is 52.0 Å². The molecular formula is C22H26N6O3. The monoisotopic (exact) mass is 422 g/mol. The van der Waals surface area contributed by atoms with Gasteiger partial charge >= 0.3 is 0 Å². The average Bonchev–Trinajstić information content (AvgIpc) is 3.49. The molecular weight excluding hydrogens is 396 g/mol. The molecule has 2 aromatic rings. The van der Waals surface area contributed by atoms with Gasteiger partial charge in [0, 0.05) is 55.3 Å². The summed E-state index contributed by atoms with van der Waals surface area (Å²) < 4.78 is 0. The third-order valence-corrected chi connectivity index (χ3v) is 6.49. The van der Waals surface area contributed by atoms with Gasteiger partial charge in [-0.1, -0.05) is 18.2 Å². The lowest BCUT2D eigenvalue weighted by Gasteiger charge is -2.29. The van der Waals surface area contributed by atoms with Crippen LogP contribution in [0.15, 0.2) is 24.4 Å². The molecule has 0 bridgehead atoms.